The van der Waals surface area contributed by atoms with Crippen molar-refractivity contribution in [1.82, 2.24) is 15.2 Å². The highest BCUT2D eigenvalue weighted by Gasteiger charge is 2.09. The van der Waals surface area contributed by atoms with E-state index < -0.39 is 0 Å². The maximum atomic E-state index is 5.35. The Kier molecular flexibility index (Phi) is 9.71. The minimum atomic E-state index is 0. The molecule has 2 aromatic rings. The summed E-state index contributed by atoms with van der Waals surface area (Å²) in [6.45, 7) is 6.17. The number of aliphatic imine (C=N–C) groups is 1. The third-order valence-electron chi connectivity index (χ3n) is 3.62. The maximum Gasteiger partial charge on any atom is 0.194 e. The quantitative estimate of drug-likeness (QED) is 0.365. The molecule has 8 heteroatoms. The van der Waals surface area contributed by atoms with E-state index in [9.17, 15) is 0 Å². The number of aryl methyl sites for hydroxylation is 1. The zero-order valence-electron chi connectivity index (χ0n) is 15.9. The van der Waals surface area contributed by atoms with E-state index in [-0.39, 0.29) is 24.0 Å². The third kappa shape index (κ3) is 6.31. The monoisotopic (exact) mass is 490 g/mol. The van der Waals surface area contributed by atoms with E-state index in [1.165, 1.54) is 0 Å². The molecule has 0 amide bonds. The number of halogens is 1. The molecule has 6 nitrogen and oxygen atoms in total. The zero-order chi connectivity index (χ0) is 18.2. The average Bonchev–Trinajstić information content (AvgIpc) is 3.02. The summed E-state index contributed by atoms with van der Waals surface area (Å²) in [4.78, 5) is 11.3. The van der Waals surface area contributed by atoms with Crippen molar-refractivity contribution in [2.75, 3.05) is 27.8 Å². The number of aromatic nitrogens is 1. The van der Waals surface area contributed by atoms with Crippen LogP contribution in [0.25, 0.3) is 0 Å². The first kappa shape index (κ1) is 22.5. The molecule has 0 aliphatic heterocycles. The van der Waals surface area contributed by atoms with Crippen LogP contribution in [0.4, 0.5) is 0 Å². The van der Waals surface area contributed by atoms with Crippen LogP contribution in [-0.2, 0) is 13.1 Å². The van der Waals surface area contributed by atoms with Gasteiger partial charge in [0.15, 0.2) is 17.5 Å². The van der Waals surface area contributed by atoms with Gasteiger partial charge in [0.25, 0.3) is 0 Å². The van der Waals surface area contributed by atoms with Gasteiger partial charge >= 0.3 is 0 Å². The Bertz CT molecular complexity index is 721. The number of thiazole rings is 1. The molecular weight excluding hydrogens is 463 g/mol. The highest BCUT2D eigenvalue weighted by Crippen LogP contribution is 2.27. The van der Waals surface area contributed by atoms with Gasteiger partial charge in [0.1, 0.15) is 0 Å². The van der Waals surface area contributed by atoms with E-state index in [0.29, 0.717) is 12.3 Å². The van der Waals surface area contributed by atoms with E-state index in [4.69, 9.17) is 14.5 Å². The predicted octanol–water partition coefficient (Wildman–Crippen LogP) is 3.68. The molecule has 0 unspecified atom stereocenters. The van der Waals surface area contributed by atoms with E-state index >= 15 is 0 Å². The number of methoxy groups -OCH3 is 2. The molecule has 26 heavy (non-hydrogen) atoms. The molecule has 0 saturated heterocycles. The van der Waals surface area contributed by atoms with Crippen LogP contribution in [0.2, 0.25) is 0 Å². The summed E-state index contributed by atoms with van der Waals surface area (Å²) >= 11 is 1.67. The molecule has 0 fully saturated rings. The standard InChI is InChI=1S/C18H26N4O2S.HI/c1-6-19-18(22(3)11-15-12-25-13(2)21-15)20-10-14-7-8-16(23-4)17(9-14)24-5;/h7-9,12H,6,10-11H2,1-5H3,(H,19,20);1H. The largest absolute Gasteiger partial charge is 0.493 e. The second-order valence-electron chi connectivity index (χ2n) is 5.57. The molecule has 144 valence electrons. The number of nitrogens with one attached hydrogen (secondary N) is 1. The van der Waals surface area contributed by atoms with Crippen molar-refractivity contribution in [1.29, 1.82) is 0 Å². The molecule has 1 aromatic heterocycles. The summed E-state index contributed by atoms with van der Waals surface area (Å²) in [5, 5.41) is 6.49. The summed E-state index contributed by atoms with van der Waals surface area (Å²) in [6, 6.07) is 5.85. The molecule has 1 aromatic carbocycles. The van der Waals surface area contributed by atoms with Crippen LogP contribution in [0, 0.1) is 6.92 Å². The fourth-order valence-corrected chi connectivity index (χ4v) is 3.02. The SMILES string of the molecule is CCNC(=NCc1ccc(OC)c(OC)c1)N(C)Cc1csc(C)n1.I. The number of rotatable bonds is 7. The highest BCUT2D eigenvalue weighted by atomic mass is 127. The van der Waals surface area contributed by atoms with Crippen LogP contribution in [0.3, 0.4) is 0 Å². The number of hydrogen-bond donors (Lipinski definition) is 1. The summed E-state index contributed by atoms with van der Waals surface area (Å²) in [5.41, 5.74) is 2.12. The van der Waals surface area contributed by atoms with Crippen molar-refractivity contribution >= 4 is 41.3 Å². The van der Waals surface area contributed by atoms with Crippen LogP contribution >= 0.6 is 35.3 Å². The lowest BCUT2D eigenvalue weighted by Gasteiger charge is -2.21. The van der Waals surface area contributed by atoms with Crippen molar-refractivity contribution < 1.29 is 9.47 Å². The van der Waals surface area contributed by atoms with Crippen LogP contribution < -0.4 is 14.8 Å². The van der Waals surface area contributed by atoms with Gasteiger partial charge in [0, 0.05) is 19.0 Å². The van der Waals surface area contributed by atoms with Gasteiger partial charge in [-0.05, 0) is 31.5 Å². The highest BCUT2D eigenvalue weighted by molar-refractivity contribution is 14.0. The normalized spacial score (nSPS) is 10.9. The second kappa shape index (κ2) is 11.2. The summed E-state index contributed by atoms with van der Waals surface area (Å²) in [6.07, 6.45) is 0. The molecule has 1 heterocycles. The molecular formula is C18H27IN4O2S. The number of guanidine groups is 1. The van der Waals surface area contributed by atoms with E-state index in [1.54, 1.807) is 25.6 Å². The lowest BCUT2D eigenvalue weighted by molar-refractivity contribution is 0.354. The van der Waals surface area contributed by atoms with Gasteiger partial charge < -0.3 is 19.7 Å². The summed E-state index contributed by atoms with van der Waals surface area (Å²) < 4.78 is 10.6. The lowest BCUT2D eigenvalue weighted by atomic mass is 10.2. The van der Waals surface area contributed by atoms with Crippen LogP contribution in [0.1, 0.15) is 23.2 Å². The molecule has 0 aliphatic carbocycles. The molecule has 0 aliphatic rings. The summed E-state index contributed by atoms with van der Waals surface area (Å²) in [5.74, 6) is 2.28. The van der Waals surface area contributed by atoms with E-state index in [0.717, 1.165) is 41.1 Å². The molecule has 0 atom stereocenters. The minimum Gasteiger partial charge on any atom is -0.493 e. The van der Waals surface area contributed by atoms with Crippen molar-refractivity contribution in [3.63, 3.8) is 0 Å². The van der Waals surface area contributed by atoms with Gasteiger partial charge in [-0.15, -0.1) is 35.3 Å². The lowest BCUT2D eigenvalue weighted by Crippen LogP contribution is -2.38. The topological polar surface area (TPSA) is 59.0 Å². The van der Waals surface area contributed by atoms with Crippen molar-refractivity contribution in [3.05, 3.63) is 39.8 Å². The second-order valence-corrected chi connectivity index (χ2v) is 6.64. The smallest absolute Gasteiger partial charge is 0.194 e. The Morgan fingerprint density at radius 3 is 2.58 bits per heavy atom. The van der Waals surface area contributed by atoms with Crippen LogP contribution in [0.15, 0.2) is 28.6 Å². The van der Waals surface area contributed by atoms with Gasteiger partial charge in [-0.1, -0.05) is 6.07 Å². The first-order valence-corrected chi connectivity index (χ1v) is 9.06. The molecule has 0 bridgehead atoms. The Morgan fingerprint density at radius 2 is 2.00 bits per heavy atom. The van der Waals surface area contributed by atoms with Crippen molar-refractivity contribution in [2.45, 2.75) is 26.9 Å². The van der Waals surface area contributed by atoms with Gasteiger partial charge in [-0.3, -0.25) is 0 Å². The van der Waals surface area contributed by atoms with Crippen LogP contribution in [-0.4, -0.2) is 43.7 Å². The molecule has 1 N–H and O–H groups in total. The maximum absolute atomic E-state index is 5.35. The summed E-state index contributed by atoms with van der Waals surface area (Å²) in [7, 11) is 5.29. The van der Waals surface area contributed by atoms with Gasteiger partial charge in [0.05, 0.1) is 38.0 Å². The average molecular weight is 490 g/mol. The number of ether oxygens (including phenoxy) is 2. The van der Waals surface area contributed by atoms with Gasteiger partial charge in [0.2, 0.25) is 0 Å². The number of benzene rings is 1. The van der Waals surface area contributed by atoms with E-state index in [2.05, 4.69) is 27.5 Å². The number of hydrogen-bond acceptors (Lipinski definition) is 5. The van der Waals surface area contributed by atoms with Crippen molar-refractivity contribution in [2.24, 2.45) is 4.99 Å². The van der Waals surface area contributed by atoms with Crippen LogP contribution in [0.5, 0.6) is 11.5 Å². The molecule has 0 saturated carbocycles. The van der Waals surface area contributed by atoms with Gasteiger partial charge in [-0.2, -0.15) is 0 Å². The number of nitrogens with zero attached hydrogens (tertiary/aromatic N) is 3. The molecule has 2 rings (SSSR count). The molecule has 0 spiro atoms. The Balaban J connectivity index is 0.00000338. The fourth-order valence-electron chi connectivity index (χ4n) is 2.41. The first-order valence-electron chi connectivity index (χ1n) is 8.18. The Labute approximate surface area is 176 Å². The predicted molar refractivity (Wildman–Crippen MR) is 118 cm³/mol. The van der Waals surface area contributed by atoms with E-state index in [1.807, 2.05) is 32.2 Å². The fraction of sp³-hybridized carbons (Fsp3) is 0.444. The third-order valence-corrected chi connectivity index (χ3v) is 4.44. The minimum absolute atomic E-state index is 0. The Hall–Kier alpha value is -1.55. The van der Waals surface area contributed by atoms with Gasteiger partial charge in [-0.25, -0.2) is 9.98 Å². The molecule has 0 radical (unpaired) electrons. The Morgan fingerprint density at radius 1 is 1.27 bits per heavy atom. The first-order chi connectivity index (χ1) is 12.1. The van der Waals surface area contributed by atoms with Crippen molar-refractivity contribution in [3.8, 4) is 11.5 Å². The zero-order valence-corrected chi connectivity index (χ0v) is 19.1.